The maximum atomic E-state index is 13.9. The first-order chi connectivity index (χ1) is 9.57. The number of benzene rings is 1. The maximum absolute atomic E-state index is 13.9. The molecular formula is C14H18FN5. The third kappa shape index (κ3) is 1.78. The van der Waals surface area contributed by atoms with Crippen molar-refractivity contribution >= 4 is 5.69 Å². The molecule has 1 saturated carbocycles. The van der Waals surface area contributed by atoms with Crippen LogP contribution < -0.4 is 5.73 Å². The number of tetrazole rings is 1. The van der Waals surface area contributed by atoms with E-state index in [2.05, 4.69) is 22.4 Å². The van der Waals surface area contributed by atoms with Gasteiger partial charge in [0.15, 0.2) is 5.82 Å². The SMILES string of the molecule is CCC1(n2nnnc2-c2cc(N)c(C)c(F)c2)CCC1. The Bertz CT molecular complexity index is 616. The van der Waals surface area contributed by atoms with Crippen LogP contribution in [-0.2, 0) is 5.54 Å². The predicted molar refractivity (Wildman–Crippen MR) is 74.5 cm³/mol. The molecule has 2 N–H and O–H groups in total. The molecule has 0 amide bonds. The van der Waals surface area contributed by atoms with Crippen LogP contribution in [0.2, 0.25) is 0 Å². The molecule has 0 atom stereocenters. The first kappa shape index (κ1) is 13.0. The molecule has 1 aromatic carbocycles. The van der Waals surface area contributed by atoms with E-state index in [9.17, 15) is 4.39 Å². The fraction of sp³-hybridized carbons (Fsp3) is 0.500. The second-order valence-corrected chi connectivity index (χ2v) is 5.52. The highest BCUT2D eigenvalue weighted by atomic mass is 19.1. The van der Waals surface area contributed by atoms with Crippen LogP contribution in [0.4, 0.5) is 10.1 Å². The van der Waals surface area contributed by atoms with Crippen molar-refractivity contribution in [2.24, 2.45) is 0 Å². The highest BCUT2D eigenvalue weighted by Gasteiger charge is 2.40. The topological polar surface area (TPSA) is 69.6 Å². The van der Waals surface area contributed by atoms with Crippen molar-refractivity contribution in [3.05, 3.63) is 23.5 Å². The van der Waals surface area contributed by atoms with Crippen molar-refractivity contribution in [3.8, 4) is 11.4 Å². The van der Waals surface area contributed by atoms with E-state index >= 15 is 0 Å². The van der Waals surface area contributed by atoms with Crippen LogP contribution in [-0.4, -0.2) is 20.2 Å². The van der Waals surface area contributed by atoms with Crippen molar-refractivity contribution in [3.63, 3.8) is 0 Å². The van der Waals surface area contributed by atoms with Crippen molar-refractivity contribution in [1.82, 2.24) is 20.2 Å². The normalized spacial score (nSPS) is 16.9. The van der Waals surface area contributed by atoms with E-state index in [1.54, 1.807) is 13.0 Å². The van der Waals surface area contributed by atoms with Crippen LogP contribution >= 0.6 is 0 Å². The minimum Gasteiger partial charge on any atom is -0.398 e. The molecule has 106 valence electrons. The number of hydrogen-bond donors (Lipinski definition) is 1. The zero-order valence-electron chi connectivity index (χ0n) is 11.7. The summed E-state index contributed by atoms with van der Waals surface area (Å²) in [5.41, 5.74) is 7.35. The Labute approximate surface area is 117 Å². The van der Waals surface area contributed by atoms with E-state index in [-0.39, 0.29) is 11.4 Å². The summed E-state index contributed by atoms with van der Waals surface area (Å²) in [6.07, 6.45) is 4.27. The number of hydrogen-bond acceptors (Lipinski definition) is 4. The molecule has 0 spiro atoms. The molecule has 20 heavy (non-hydrogen) atoms. The Morgan fingerprint density at radius 1 is 1.40 bits per heavy atom. The number of nitrogen functional groups attached to an aromatic ring is 1. The Kier molecular flexibility index (Phi) is 2.96. The van der Waals surface area contributed by atoms with Gasteiger partial charge in [0.25, 0.3) is 0 Å². The molecule has 0 radical (unpaired) electrons. The fourth-order valence-electron chi connectivity index (χ4n) is 2.82. The monoisotopic (exact) mass is 275 g/mol. The van der Waals surface area contributed by atoms with Crippen LogP contribution in [0.25, 0.3) is 11.4 Å². The van der Waals surface area contributed by atoms with Gasteiger partial charge in [-0.25, -0.2) is 9.07 Å². The highest BCUT2D eigenvalue weighted by Crippen LogP contribution is 2.43. The largest absolute Gasteiger partial charge is 0.398 e. The molecule has 1 heterocycles. The van der Waals surface area contributed by atoms with E-state index < -0.39 is 0 Å². The van der Waals surface area contributed by atoms with Gasteiger partial charge in [0.2, 0.25) is 0 Å². The lowest BCUT2D eigenvalue weighted by Crippen LogP contribution is -2.41. The zero-order valence-corrected chi connectivity index (χ0v) is 11.7. The summed E-state index contributed by atoms with van der Waals surface area (Å²) in [5.74, 6) is 0.269. The van der Waals surface area contributed by atoms with Gasteiger partial charge in [-0.05, 0) is 55.2 Å². The molecule has 0 unspecified atom stereocenters. The molecule has 1 aromatic heterocycles. The summed E-state index contributed by atoms with van der Waals surface area (Å²) in [5, 5.41) is 12.0. The van der Waals surface area contributed by atoms with Gasteiger partial charge >= 0.3 is 0 Å². The average molecular weight is 275 g/mol. The molecule has 5 nitrogen and oxygen atoms in total. The summed E-state index contributed by atoms with van der Waals surface area (Å²) in [6, 6.07) is 3.19. The van der Waals surface area contributed by atoms with Gasteiger partial charge in [0, 0.05) is 16.8 Å². The van der Waals surface area contributed by atoms with E-state index in [0.717, 1.165) is 19.3 Å². The van der Waals surface area contributed by atoms with Gasteiger partial charge in [0.05, 0.1) is 5.54 Å². The number of anilines is 1. The van der Waals surface area contributed by atoms with E-state index in [0.29, 0.717) is 22.6 Å². The van der Waals surface area contributed by atoms with Gasteiger partial charge in [-0.3, -0.25) is 0 Å². The standard InChI is InChI=1S/C14H18FN5/c1-3-14(5-4-6-14)20-13(17-18-19-20)10-7-11(15)9(2)12(16)8-10/h7-8H,3-6,16H2,1-2H3. The minimum absolute atomic E-state index is 0.0189. The molecular weight excluding hydrogens is 257 g/mol. The zero-order chi connectivity index (χ0) is 14.3. The van der Waals surface area contributed by atoms with Gasteiger partial charge < -0.3 is 5.73 Å². The van der Waals surface area contributed by atoms with Crippen LogP contribution in [0, 0.1) is 12.7 Å². The van der Waals surface area contributed by atoms with E-state index in [1.165, 1.54) is 12.5 Å². The highest BCUT2D eigenvalue weighted by molar-refractivity contribution is 5.64. The number of halogens is 1. The van der Waals surface area contributed by atoms with Crippen molar-refractivity contribution in [1.29, 1.82) is 0 Å². The Morgan fingerprint density at radius 3 is 2.70 bits per heavy atom. The van der Waals surface area contributed by atoms with Crippen molar-refractivity contribution < 1.29 is 4.39 Å². The first-order valence-corrected chi connectivity index (χ1v) is 6.92. The van der Waals surface area contributed by atoms with Gasteiger partial charge in [-0.1, -0.05) is 6.92 Å². The second kappa shape index (κ2) is 4.54. The Morgan fingerprint density at radius 2 is 2.15 bits per heavy atom. The van der Waals surface area contributed by atoms with Gasteiger partial charge in [-0.2, -0.15) is 0 Å². The quantitative estimate of drug-likeness (QED) is 0.874. The van der Waals surface area contributed by atoms with Gasteiger partial charge in [-0.15, -0.1) is 5.10 Å². The minimum atomic E-state index is -0.325. The van der Waals surface area contributed by atoms with Crippen molar-refractivity contribution in [2.75, 3.05) is 5.73 Å². The molecule has 0 saturated heterocycles. The van der Waals surface area contributed by atoms with Crippen LogP contribution in [0.3, 0.4) is 0 Å². The number of nitrogens with zero attached hydrogens (tertiary/aromatic N) is 4. The molecule has 6 heteroatoms. The summed E-state index contributed by atoms with van der Waals surface area (Å²) in [6.45, 7) is 3.80. The Balaban J connectivity index is 2.10. The molecule has 2 aromatic rings. The third-order valence-corrected chi connectivity index (χ3v) is 4.50. The lowest BCUT2D eigenvalue weighted by Gasteiger charge is -2.41. The number of aromatic nitrogens is 4. The smallest absolute Gasteiger partial charge is 0.182 e. The van der Waals surface area contributed by atoms with E-state index in [1.807, 2.05) is 4.68 Å². The summed E-state index contributed by atoms with van der Waals surface area (Å²) in [7, 11) is 0. The average Bonchev–Trinajstić information content (AvgIpc) is 2.84. The van der Waals surface area contributed by atoms with Gasteiger partial charge in [0.1, 0.15) is 5.82 Å². The molecule has 1 fully saturated rings. The third-order valence-electron chi connectivity index (χ3n) is 4.50. The Hall–Kier alpha value is -1.98. The van der Waals surface area contributed by atoms with E-state index in [4.69, 9.17) is 5.73 Å². The summed E-state index contributed by atoms with van der Waals surface area (Å²) >= 11 is 0. The molecule has 0 bridgehead atoms. The predicted octanol–water partition coefficient (Wildman–Crippen LogP) is 2.66. The van der Waals surface area contributed by atoms with Crippen LogP contribution in [0.5, 0.6) is 0 Å². The fourth-order valence-corrected chi connectivity index (χ4v) is 2.82. The number of nitrogens with two attached hydrogens (primary N) is 1. The second-order valence-electron chi connectivity index (χ2n) is 5.52. The van der Waals surface area contributed by atoms with Crippen LogP contribution in [0.1, 0.15) is 38.2 Å². The maximum Gasteiger partial charge on any atom is 0.182 e. The lowest BCUT2D eigenvalue weighted by molar-refractivity contribution is 0.118. The molecule has 0 aliphatic heterocycles. The summed E-state index contributed by atoms with van der Waals surface area (Å²) in [4.78, 5) is 0. The number of rotatable bonds is 3. The molecule has 1 aliphatic rings. The molecule has 3 rings (SSSR count). The summed E-state index contributed by atoms with van der Waals surface area (Å²) < 4.78 is 15.7. The van der Waals surface area contributed by atoms with Crippen LogP contribution in [0.15, 0.2) is 12.1 Å². The molecule has 1 aliphatic carbocycles. The first-order valence-electron chi connectivity index (χ1n) is 6.92. The lowest BCUT2D eigenvalue weighted by atomic mass is 9.75. The van der Waals surface area contributed by atoms with Crippen molar-refractivity contribution in [2.45, 2.75) is 45.1 Å².